The molecule has 0 atom stereocenters. The molecule has 1 aliphatic carbocycles. The lowest BCUT2D eigenvalue weighted by Crippen LogP contribution is -2.28. The Morgan fingerprint density at radius 1 is 1.06 bits per heavy atom. The van der Waals surface area contributed by atoms with E-state index in [4.69, 9.17) is 0 Å². The van der Waals surface area contributed by atoms with Gasteiger partial charge in [0, 0.05) is 45.1 Å². The smallest absolute Gasteiger partial charge is 0.227 e. The fourth-order valence-electron chi connectivity index (χ4n) is 4.64. The quantitative estimate of drug-likeness (QED) is 0.273. The molecule has 0 radical (unpaired) electrons. The number of nitrogens with one attached hydrogen (secondary N) is 3. The lowest BCUT2D eigenvalue weighted by atomic mass is 9.85. The molecule has 6 aromatic rings. The van der Waals surface area contributed by atoms with E-state index >= 15 is 0 Å². The Labute approximate surface area is 209 Å². The molecule has 7 rings (SSSR count). The third-order valence-corrected chi connectivity index (χ3v) is 7.70. The van der Waals surface area contributed by atoms with Crippen LogP contribution in [0.15, 0.2) is 66.6 Å². The fraction of sp³-hybridized carbons (Fsp3) is 0.148. The van der Waals surface area contributed by atoms with Crippen LogP contribution in [0.25, 0.3) is 55.0 Å². The summed E-state index contributed by atoms with van der Waals surface area (Å²) in [5, 5.41) is 14.7. The zero-order valence-corrected chi connectivity index (χ0v) is 20.0. The minimum absolute atomic E-state index is 0.0649. The number of aromatic amines is 2. The summed E-state index contributed by atoms with van der Waals surface area (Å²) in [7, 11) is 0. The number of pyridine rings is 3. The van der Waals surface area contributed by atoms with Crippen molar-refractivity contribution in [1.82, 2.24) is 30.1 Å². The lowest BCUT2D eigenvalue weighted by Gasteiger charge is -2.24. The van der Waals surface area contributed by atoms with Crippen LogP contribution in [0.5, 0.6) is 0 Å². The van der Waals surface area contributed by atoms with Gasteiger partial charge in [0.2, 0.25) is 5.91 Å². The van der Waals surface area contributed by atoms with Gasteiger partial charge in [0.1, 0.15) is 11.3 Å². The highest BCUT2D eigenvalue weighted by Crippen LogP contribution is 2.35. The molecular formula is C27H21N7OS. The number of rotatable bonds is 5. The summed E-state index contributed by atoms with van der Waals surface area (Å²) < 4.78 is 0. The van der Waals surface area contributed by atoms with Gasteiger partial charge in [-0.15, -0.1) is 11.3 Å². The van der Waals surface area contributed by atoms with Gasteiger partial charge in [0.05, 0.1) is 35.0 Å². The zero-order chi connectivity index (χ0) is 24.1. The van der Waals surface area contributed by atoms with Crippen molar-refractivity contribution in [2.75, 3.05) is 5.32 Å². The van der Waals surface area contributed by atoms with Crippen molar-refractivity contribution < 1.29 is 4.79 Å². The van der Waals surface area contributed by atoms with Crippen molar-refractivity contribution in [3.05, 3.63) is 66.6 Å². The Morgan fingerprint density at radius 2 is 2.00 bits per heavy atom. The standard InChI is InChI=1S/C27H21N7OS/c35-27(15-3-1-4-15)31-17-9-16(12-28-13-17)21-11-20-23(14-30-21)33-34-25(20)22-10-19-18(24-5-2-8-36-24)6-7-29-26(19)32-22/h2,5-15H,1,3-4H2,(H,29,32)(H,31,35)(H,33,34). The minimum Gasteiger partial charge on any atom is -0.338 e. The van der Waals surface area contributed by atoms with Crippen molar-refractivity contribution >= 4 is 44.9 Å². The largest absolute Gasteiger partial charge is 0.338 e. The van der Waals surface area contributed by atoms with E-state index in [1.807, 2.05) is 24.4 Å². The Balaban J connectivity index is 1.26. The summed E-state index contributed by atoms with van der Waals surface area (Å²) in [5.74, 6) is 0.179. The summed E-state index contributed by atoms with van der Waals surface area (Å²) in [4.78, 5) is 30.5. The van der Waals surface area contributed by atoms with Gasteiger partial charge in [-0.1, -0.05) is 12.5 Å². The molecule has 1 fully saturated rings. The van der Waals surface area contributed by atoms with E-state index in [0.29, 0.717) is 5.69 Å². The molecular weight excluding hydrogens is 470 g/mol. The van der Waals surface area contributed by atoms with Gasteiger partial charge in [-0.3, -0.25) is 19.9 Å². The van der Waals surface area contributed by atoms with Crippen LogP contribution in [0.4, 0.5) is 5.69 Å². The van der Waals surface area contributed by atoms with Gasteiger partial charge in [-0.2, -0.15) is 5.10 Å². The highest BCUT2D eigenvalue weighted by Gasteiger charge is 2.25. The Hall–Kier alpha value is -4.37. The summed E-state index contributed by atoms with van der Waals surface area (Å²) in [6.07, 6.45) is 10.1. The summed E-state index contributed by atoms with van der Waals surface area (Å²) in [5.41, 5.74) is 6.74. The highest BCUT2D eigenvalue weighted by atomic mass is 32.1. The van der Waals surface area contributed by atoms with Gasteiger partial charge >= 0.3 is 0 Å². The van der Waals surface area contributed by atoms with E-state index in [-0.39, 0.29) is 11.8 Å². The first-order valence-electron chi connectivity index (χ1n) is 11.9. The first-order valence-corrected chi connectivity index (χ1v) is 12.7. The molecule has 1 saturated carbocycles. The van der Waals surface area contributed by atoms with Crippen molar-refractivity contribution in [1.29, 1.82) is 0 Å². The average molecular weight is 492 g/mol. The first-order chi connectivity index (χ1) is 17.7. The number of amides is 1. The summed E-state index contributed by atoms with van der Waals surface area (Å²) in [6.45, 7) is 0. The van der Waals surface area contributed by atoms with Crippen LogP contribution in [-0.4, -0.2) is 36.0 Å². The predicted molar refractivity (Wildman–Crippen MR) is 141 cm³/mol. The monoisotopic (exact) mass is 491 g/mol. The summed E-state index contributed by atoms with van der Waals surface area (Å²) in [6, 6.07) is 12.2. The molecule has 0 unspecified atom stereocenters. The van der Waals surface area contributed by atoms with Crippen LogP contribution in [0.1, 0.15) is 19.3 Å². The summed E-state index contributed by atoms with van der Waals surface area (Å²) >= 11 is 1.71. The Kier molecular flexibility index (Phi) is 4.88. The average Bonchev–Trinajstić information content (AvgIpc) is 3.61. The van der Waals surface area contributed by atoms with E-state index in [9.17, 15) is 4.79 Å². The molecule has 0 bridgehead atoms. The second kappa shape index (κ2) is 8.39. The molecule has 0 spiro atoms. The number of nitrogens with zero attached hydrogens (tertiary/aromatic N) is 4. The third-order valence-electron chi connectivity index (χ3n) is 6.80. The van der Waals surface area contributed by atoms with Crippen LogP contribution in [-0.2, 0) is 4.79 Å². The zero-order valence-electron chi connectivity index (χ0n) is 19.2. The molecule has 6 heterocycles. The van der Waals surface area contributed by atoms with Crippen LogP contribution in [0.3, 0.4) is 0 Å². The number of carbonyl (C=O) groups is 1. The minimum atomic E-state index is 0.0649. The number of hydrogen-bond donors (Lipinski definition) is 3. The fourth-order valence-corrected chi connectivity index (χ4v) is 5.41. The molecule has 36 heavy (non-hydrogen) atoms. The maximum Gasteiger partial charge on any atom is 0.227 e. The Bertz CT molecular complexity index is 1730. The van der Waals surface area contributed by atoms with Crippen molar-refractivity contribution in [2.45, 2.75) is 19.3 Å². The molecule has 8 nitrogen and oxygen atoms in total. The molecule has 0 aliphatic heterocycles. The normalized spacial score (nSPS) is 13.8. The number of anilines is 1. The van der Waals surface area contributed by atoms with E-state index < -0.39 is 0 Å². The lowest BCUT2D eigenvalue weighted by molar-refractivity contribution is -0.122. The molecule has 0 aromatic carbocycles. The number of hydrogen-bond acceptors (Lipinski definition) is 6. The van der Waals surface area contributed by atoms with Gasteiger partial charge in [-0.05, 0) is 48.6 Å². The second-order valence-electron chi connectivity index (χ2n) is 9.05. The number of H-pyrrole nitrogens is 2. The van der Waals surface area contributed by atoms with E-state index in [0.717, 1.165) is 69.4 Å². The molecule has 1 aliphatic rings. The van der Waals surface area contributed by atoms with Crippen molar-refractivity contribution in [3.63, 3.8) is 0 Å². The maximum atomic E-state index is 12.4. The van der Waals surface area contributed by atoms with Gasteiger partial charge < -0.3 is 10.3 Å². The van der Waals surface area contributed by atoms with Crippen molar-refractivity contribution in [2.24, 2.45) is 5.92 Å². The molecule has 0 saturated heterocycles. The second-order valence-corrected chi connectivity index (χ2v) is 10.00. The SMILES string of the molecule is O=C(Nc1cncc(-c2cc3c(-c4cc5c(-c6cccs6)ccnc5[nH]4)n[nH]c3cn2)c1)C1CCC1. The first kappa shape index (κ1) is 21.0. The number of fused-ring (bicyclic) bond motifs is 2. The number of carbonyl (C=O) groups excluding carboxylic acids is 1. The number of thiophene rings is 1. The van der Waals surface area contributed by atoms with E-state index in [1.165, 1.54) is 4.88 Å². The molecule has 176 valence electrons. The van der Waals surface area contributed by atoms with Gasteiger partial charge in [0.25, 0.3) is 0 Å². The van der Waals surface area contributed by atoms with Gasteiger partial charge in [-0.25, -0.2) is 4.98 Å². The van der Waals surface area contributed by atoms with Crippen LogP contribution in [0.2, 0.25) is 0 Å². The van der Waals surface area contributed by atoms with Crippen molar-refractivity contribution in [3.8, 4) is 33.1 Å². The topological polar surface area (TPSA) is 112 Å². The van der Waals surface area contributed by atoms with Crippen LogP contribution < -0.4 is 5.32 Å². The van der Waals surface area contributed by atoms with Crippen LogP contribution in [0, 0.1) is 5.92 Å². The predicted octanol–water partition coefficient (Wildman–Crippen LogP) is 6.03. The third kappa shape index (κ3) is 3.56. The molecule has 1 amide bonds. The van der Waals surface area contributed by atoms with E-state index in [1.54, 1.807) is 29.9 Å². The molecule has 9 heteroatoms. The molecule has 6 aromatic heterocycles. The van der Waals surface area contributed by atoms with E-state index in [2.05, 4.69) is 59.0 Å². The maximum absolute atomic E-state index is 12.4. The highest BCUT2D eigenvalue weighted by molar-refractivity contribution is 7.13. The molecule has 3 N–H and O–H groups in total. The Morgan fingerprint density at radius 3 is 2.83 bits per heavy atom. The van der Waals surface area contributed by atoms with Gasteiger partial charge in [0.15, 0.2) is 0 Å². The van der Waals surface area contributed by atoms with Crippen LogP contribution >= 0.6 is 11.3 Å². The number of aromatic nitrogens is 6.